The van der Waals surface area contributed by atoms with E-state index in [1.54, 1.807) is 14.0 Å². The highest BCUT2D eigenvalue weighted by Crippen LogP contribution is 3.02. The van der Waals surface area contributed by atoms with Gasteiger partial charge < -0.3 is 5.32 Å². The monoisotopic (exact) mass is 483 g/mol. The third kappa shape index (κ3) is 4.97. The largest absolute Gasteiger partial charge is 0.355 e. The first-order chi connectivity index (χ1) is 14.0. The summed E-state index contributed by atoms with van der Waals surface area (Å²) < 4.78 is 92.6. The van der Waals surface area contributed by atoms with Crippen molar-refractivity contribution >= 4 is 31.6 Å². The van der Waals surface area contributed by atoms with Crippen LogP contribution in [0.1, 0.15) is 5.82 Å². The summed E-state index contributed by atoms with van der Waals surface area (Å²) in [4.78, 5) is 2.15. The van der Waals surface area contributed by atoms with Crippen LogP contribution in [0.2, 0.25) is 0 Å². The van der Waals surface area contributed by atoms with Crippen LogP contribution in [0.25, 0.3) is 11.4 Å². The Hall–Kier alpha value is -2.71. The summed E-state index contributed by atoms with van der Waals surface area (Å²) in [6, 6.07) is 6.23. The van der Waals surface area contributed by atoms with Gasteiger partial charge in [-0.05, 0) is 56.4 Å². The number of anilines is 2. The topological polar surface area (TPSA) is 88.9 Å². The molecule has 0 radical (unpaired) electrons. The third-order valence-electron chi connectivity index (χ3n) is 4.37. The van der Waals surface area contributed by atoms with Gasteiger partial charge in [0.25, 0.3) is 0 Å². The van der Waals surface area contributed by atoms with Crippen molar-refractivity contribution in [3.05, 3.63) is 48.3 Å². The van der Waals surface area contributed by atoms with E-state index in [4.69, 9.17) is 0 Å². The Bertz CT molecular complexity index is 1240. The van der Waals surface area contributed by atoms with Crippen LogP contribution in [0.3, 0.4) is 0 Å². The summed E-state index contributed by atoms with van der Waals surface area (Å²) in [6.45, 7) is 1.68. The standard InChI is InChI=1S/C17H18F5N5O2S2/c1-11-24-17(26-27(11)3)15-10-13(30(28,29)23-2)6-9-16(15)25-12-4-7-14(8-5-12)31(18,19,20,21)22/h4-10,23,25H,1-3H3. The molecule has 0 amide bonds. The average Bonchev–Trinajstić information content (AvgIpc) is 2.99. The second-order valence-corrected chi connectivity index (χ2v) is 10.9. The van der Waals surface area contributed by atoms with Crippen molar-refractivity contribution < 1.29 is 27.8 Å². The number of hydrogen-bond donors (Lipinski definition) is 2. The highest BCUT2D eigenvalue weighted by molar-refractivity contribution is 8.45. The molecule has 0 saturated carbocycles. The molecular formula is C17H18F5N5O2S2. The number of aromatic nitrogens is 3. The molecule has 7 nitrogen and oxygen atoms in total. The number of nitrogens with one attached hydrogen (secondary N) is 2. The van der Waals surface area contributed by atoms with Crippen molar-refractivity contribution in [3.63, 3.8) is 0 Å². The summed E-state index contributed by atoms with van der Waals surface area (Å²) in [5.41, 5.74) is 0.585. The number of rotatable bonds is 6. The molecule has 1 heterocycles. The molecule has 0 atom stereocenters. The fourth-order valence-electron chi connectivity index (χ4n) is 2.63. The fourth-order valence-corrected chi connectivity index (χ4v) is 4.04. The van der Waals surface area contributed by atoms with Crippen LogP contribution in [-0.2, 0) is 17.1 Å². The van der Waals surface area contributed by atoms with Gasteiger partial charge in [-0.1, -0.05) is 19.4 Å². The Balaban J connectivity index is 2.07. The fraction of sp³-hybridized carbons (Fsp3) is 0.176. The van der Waals surface area contributed by atoms with Gasteiger partial charge in [0.1, 0.15) is 10.7 Å². The Morgan fingerprint density at radius 3 is 2.10 bits per heavy atom. The van der Waals surface area contributed by atoms with Gasteiger partial charge in [-0.25, -0.2) is 18.1 Å². The second kappa shape index (κ2) is 6.64. The molecule has 3 rings (SSSR count). The van der Waals surface area contributed by atoms with Crippen LogP contribution in [0, 0.1) is 6.92 Å². The summed E-state index contributed by atoms with van der Waals surface area (Å²) >= 11 is 0. The van der Waals surface area contributed by atoms with Gasteiger partial charge in [0.05, 0.1) is 4.90 Å². The van der Waals surface area contributed by atoms with Gasteiger partial charge in [-0.3, -0.25) is 4.68 Å². The van der Waals surface area contributed by atoms with Crippen LogP contribution in [0.4, 0.5) is 30.8 Å². The molecule has 2 aromatic carbocycles. The maximum absolute atomic E-state index is 12.9. The first kappa shape index (κ1) is 23.0. The quantitative estimate of drug-likeness (QED) is 0.477. The lowest BCUT2D eigenvalue weighted by atomic mass is 10.1. The average molecular weight is 483 g/mol. The van der Waals surface area contributed by atoms with Gasteiger partial charge in [-0.15, -0.1) is 0 Å². The van der Waals surface area contributed by atoms with Crippen LogP contribution < -0.4 is 10.0 Å². The van der Waals surface area contributed by atoms with Gasteiger partial charge in [0.2, 0.25) is 10.0 Å². The molecular weight excluding hydrogens is 465 g/mol. The van der Waals surface area contributed by atoms with Crippen molar-refractivity contribution in [1.82, 2.24) is 19.5 Å². The number of sulfonamides is 1. The predicted molar refractivity (Wildman–Crippen MR) is 109 cm³/mol. The Labute approximate surface area is 175 Å². The van der Waals surface area contributed by atoms with Crippen molar-refractivity contribution in [3.8, 4) is 11.4 Å². The molecule has 14 heteroatoms. The number of hydrogen-bond acceptors (Lipinski definition) is 5. The van der Waals surface area contributed by atoms with E-state index in [1.165, 1.54) is 29.9 Å². The lowest BCUT2D eigenvalue weighted by molar-refractivity contribution is 0.364. The van der Waals surface area contributed by atoms with Crippen molar-refractivity contribution in [2.24, 2.45) is 7.05 Å². The molecule has 2 N–H and O–H groups in total. The zero-order valence-electron chi connectivity index (χ0n) is 16.4. The molecule has 0 spiro atoms. The van der Waals surface area contributed by atoms with Crippen molar-refractivity contribution in [2.45, 2.75) is 16.7 Å². The first-order valence-electron chi connectivity index (χ1n) is 8.57. The molecule has 31 heavy (non-hydrogen) atoms. The van der Waals surface area contributed by atoms with Crippen molar-refractivity contribution in [1.29, 1.82) is 0 Å². The van der Waals surface area contributed by atoms with E-state index in [9.17, 15) is 27.8 Å². The number of aryl methyl sites for hydroxylation is 2. The summed E-state index contributed by atoms with van der Waals surface area (Å²) in [7, 11) is -10.7. The maximum atomic E-state index is 12.9. The molecule has 3 aromatic rings. The van der Waals surface area contributed by atoms with E-state index in [1.807, 2.05) is 0 Å². The first-order valence-corrected chi connectivity index (χ1v) is 12.0. The van der Waals surface area contributed by atoms with E-state index >= 15 is 0 Å². The molecule has 1 aromatic heterocycles. The molecule has 0 aliphatic carbocycles. The maximum Gasteiger partial charge on any atom is 0.310 e. The summed E-state index contributed by atoms with van der Waals surface area (Å²) in [5, 5.41) is 7.00. The Kier molecular flexibility index (Phi) is 4.92. The molecule has 170 valence electrons. The highest BCUT2D eigenvalue weighted by Gasteiger charge is 2.65. The molecule has 0 unspecified atom stereocenters. The van der Waals surface area contributed by atoms with Crippen LogP contribution in [-0.4, -0.2) is 30.2 Å². The van der Waals surface area contributed by atoms with Crippen molar-refractivity contribution in [2.75, 3.05) is 12.4 Å². The minimum Gasteiger partial charge on any atom is -0.355 e. The Morgan fingerprint density at radius 1 is 1.00 bits per heavy atom. The number of benzene rings is 2. The van der Waals surface area contributed by atoms with E-state index in [-0.39, 0.29) is 39.8 Å². The summed E-state index contributed by atoms with van der Waals surface area (Å²) in [6.07, 6.45) is 0. The van der Waals surface area contributed by atoms with Crippen LogP contribution in [0.15, 0.2) is 52.3 Å². The Morgan fingerprint density at radius 2 is 1.61 bits per heavy atom. The lowest BCUT2D eigenvalue weighted by Gasteiger charge is -2.40. The predicted octanol–water partition coefficient (Wildman–Crippen LogP) is 5.10. The minimum absolute atomic E-state index is 0.0729. The smallest absolute Gasteiger partial charge is 0.310 e. The molecule has 0 fully saturated rings. The molecule has 0 aliphatic rings. The van der Waals surface area contributed by atoms with E-state index < -0.39 is 25.1 Å². The van der Waals surface area contributed by atoms with Gasteiger partial charge in [0, 0.05) is 24.0 Å². The summed E-state index contributed by atoms with van der Waals surface area (Å²) in [5.74, 6) is 0.697. The number of nitrogens with zero attached hydrogens (tertiary/aromatic N) is 3. The van der Waals surface area contributed by atoms with E-state index in [0.29, 0.717) is 5.82 Å². The highest BCUT2D eigenvalue weighted by atomic mass is 32.5. The minimum atomic E-state index is -9.78. The second-order valence-electron chi connectivity index (χ2n) is 6.64. The SMILES string of the molecule is CNS(=O)(=O)c1ccc(Nc2ccc(S(F)(F)(F)(F)F)cc2)c(-c2nc(C)n(C)n2)c1. The zero-order chi connectivity index (χ0) is 23.3. The lowest BCUT2D eigenvalue weighted by Crippen LogP contribution is -2.18. The van der Waals surface area contributed by atoms with E-state index in [0.717, 1.165) is 12.1 Å². The van der Waals surface area contributed by atoms with Gasteiger partial charge in [0.15, 0.2) is 5.82 Å². The van der Waals surface area contributed by atoms with Gasteiger partial charge in [-0.2, -0.15) is 5.10 Å². The van der Waals surface area contributed by atoms with Crippen LogP contribution in [0.5, 0.6) is 0 Å². The molecule has 0 saturated heterocycles. The van der Waals surface area contributed by atoms with Gasteiger partial charge >= 0.3 is 10.2 Å². The molecule has 0 aliphatic heterocycles. The number of halogens is 5. The van der Waals surface area contributed by atoms with Crippen LogP contribution >= 0.6 is 10.2 Å². The molecule has 0 bridgehead atoms. The zero-order valence-corrected chi connectivity index (χ0v) is 18.0. The third-order valence-corrected chi connectivity index (χ3v) is 6.95. The van der Waals surface area contributed by atoms with E-state index in [2.05, 4.69) is 20.1 Å². The normalized spacial score (nSPS) is 14.7.